The average Bonchev–Trinajstić information content (AvgIpc) is 3.16. The number of hydrogen-bond donors (Lipinski definition) is 2. The van der Waals surface area contributed by atoms with E-state index in [2.05, 4.69) is 20.6 Å². The number of anilines is 1. The van der Waals surface area contributed by atoms with Crippen molar-refractivity contribution in [1.82, 2.24) is 15.3 Å². The molecule has 0 saturated carbocycles. The number of nitrogens with zero attached hydrogens (tertiary/aromatic N) is 2. The number of hydrogen-bond acceptors (Lipinski definition) is 6. The Hall–Kier alpha value is -2.32. The Morgan fingerprint density at radius 1 is 1.29 bits per heavy atom. The van der Waals surface area contributed by atoms with Crippen LogP contribution < -0.4 is 10.6 Å². The van der Waals surface area contributed by atoms with Crippen molar-refractivity contribution in [3.8, 4) is 0 Å². The molecule has 2 amide bonds. The molecule has 0 aliphatic carbocycles. The summed E-state index contributed by atoms with van der Waals surface area (Å²) in [6.45, 7) is 7.25. The number of amides is 2. The van der Waals surface area contributed by atoms with Crippen molar-refractivity contribution < 1.29 is 14.3 Å². The number of aryl methyl sites for hydroxylation is 1. The first-order chi connectivity index (χ1) is 13.4. The summed E-state index contributed by atoms with van der Waals surface area (Å²) in [7, 11) is 0. The number of ether oxygens (including phenoxy) is 1. The van der Waals surface area contributed by atoms with Crippen LogP contribution in [-0.2, 0) is 9.53 Å². The zero-order valence-corrected chi connectivity index (χ0v) is 17.2. The maximum atomic E-state index is 12.6. The van der Waals surface area contributed by atoms with Crippen molar-refractivity contribution in [2.24, 2.45) is 11.8 Å². The number of nitrogens with one attached hydrogen (secondary N) is 2. The van der Waals surface area contributed by atoms with Gasteiger partial charge in [0.2, 0.25) is 5.91 Å². The predicted molar refractivity (Wildman–Crippen MR) is 108 cm³/mol. The van der Waals surface area contributed by atoms with Crippen molar-refractivity contribution in [3.05, 3.63) is 40.0 Å². The average molecular weight is 403 g/mol. The van der Waals surface area contributed by atoms with Gasteiger partial charge >= 0.3 is 0 Å². The number of carbonyl (C=O) groups excluding carboxylic acids is 2. The monoisotopic (exact) mass is 402 g/mol. The lowest BCUT2D eigenvalue weighted by molar-refractivity contribution is -0.129. The fourth-order valence-electron chi connectivity index (χ4n) is 3.06. The van der Waals surface area contributed by atoms with E-state index in [-0.39, 0.29) is 29.7 Å². The zero-order valence-electron chi connectivity index (χ0n) is 16.4. The van der Waals surface area contributed by atoms with Crippen LogP contribution in [0.15, 0.2) is 23.7 Å². The normalized spacial score (nSPS) is 16.0. The summed E-state index contributed by atoms with van der Waals surface area (Å²) in [5.74, 6) is 0.355. The zero-order chi connectivity index (χ0) is 20.1. The van der Waals surface area contributed by atoms with Crippen LogP contribution in [0.5, 0.6) is 0 Å². The summed E-state index contributed by atoms with van der Waals surface area (Å²) < 4.78 is 5.33. The summed E-state index contributed by atoms with van der Waals surface area (Å²) in [6, 6.07) is 3.44. The highest BCUT2D eigenvalue weighted by molar-refractivity contribution is 7.10. The molecule has 1 saturated heterocycles. The van der Waals surface area contributed by atoms with Gasteiger partial charge in [0.25, 0.3) is 5.91 Å². The number of thiazole rings is 1. The van der Waals surface area contributed by atoms with Crippen molar-refractivity contribution in [1.29, 1.82) is 0 Å². The van der Waals surface area contributed by atoms with E-state index in [4.69, 9.17) is 4.74 Å². The van der Waals surface area contributed by atoms with E-state index in [0.29, 0.717) is 24.7 Å². The van der Waals surface area contributed by atoms with Crippen LogP contribution in [0, 0.1) is 18.8 Å². The number of carbonyl (C=O) groups is 2. The molecule has 0 spiro atoms. The highest BCUT2D eigenvalue weighted by Crippen LogP contribution is 2.27. The molecular weight excluding hydrogens is 376 g/mol. The summed E-state index contributed by atoms with van der Waals surface area (Å²) in [5.41, 5.74) is 1.34. The van der Waals surface area contributed by atoms with E-state index >= 15 is 0 Å². The smallest absolute Gasteiger partial charge is 0.276 e. The third-order valence-corrected chi connectivity index (χ3v) is 5.66. The van der Waals surface area contributed by atoms with Crippen LogP contribution in [0.1, 0.15) is 53.8 Å². The Kier molecular flexibility index (Phi) is 6.74. The van der Waals surface area contributed by atoms with E-state index in [1.54, 1.807) is 17.6 Å². The molecule has 0 radical (unpaired) electrons. The Morgan fingerprint density at radius 2 is 2.04 bits per heavy atom. The van der Waals surface area contributed by atoms with E-state index in [9.17, 15) is 9.59 Å². The van der Waals surface area contributed by atoms with Gasteiger partial charge < -0.3 is 15.4 Å². The van der Waals surface area contributed by atoms with Gasteiger partial charge in [-0.15, -0.1) is 11.3 Å². The largest absolute Gasteiger partial charge is 0.381 e. The lowest BCUT2D eigenvalue weighted by Crippen LogP contribution is -2.38. The number of pyridine rings is 1. The van der Waals surface area contributed by atoms with Gasteiger partial charge in [-0.25, -0.2) is 9.97 Å². The minimum Gasteiger partial charge on any atom is -0.381 e. The van der Waals surface area contributed by atoms with Crippen LogP contribution >= 0.6 is 11.3 Å². The standard InChI is InChI=1S/C20H26N4O3S/c1-12(2)17(24-18(25)14-5-8-27-9-6-14)20-22-15(11-28-20)19(26)23-16-10-13(3)4-7-21-16/h4,7,10-12,14,17H,5-6,8-9H2,1-3H3,(H,24,25)(H,21,23,26)/t17-/m0/s1. The van der Waals surface area contributed by atoms with E-state index in [1.807, 2.05) is 26.8 Å². The molecule has 1 aliphatic heterocycles. The molecule has 8 heteroatoms. The van der Waals surface area contributed by atoms with Gasteiger partial charge in [0, 0.05) is 30.7 Å². The van der Waals surface area contributed by atoms with Gasteiger partial charge in [0.1, 0.15) is 16.5 Å². The molecule has 0 bridgehead atoms. The Labute approximate surface area is 168 Å². The lowest BCUT2D eigenvalue weighted by atomic mass is 9.97. The Balaban J connectivity index is 1.68. The fourth-order valence-corrected chi connectivity index (χ4v) is 4.08. The number of aromatic nitrogens is 2. The van der Waals surface area contributed by atoms with Crippen LogP contribution in [0.2, 0.25) is 0 Å². The second kappa shape index (κ2) is 9.25. The van der Waals surface area contributed by atoms with Crippen molar-refractivity contribution in [3.63, 3.8) is 0 Å². The van der Waals surface area contributed by atoms with Gasteiger partial charge in [0.15, 0.2) is 0 Å². The molecule has 3 rings (SSSR count). The first-order valence-electron chi connectivity index (χ1n) is 9.51. The van der Waals surface area contributed by atoms with Crippen LogP contribution in [0.4, 0.5) is 5.82 Å². The topological polar surface area (TPSA) is 93.2 Å². The van der Waals surface area contributed by atoms with E-state index in [1.165, 1.54) is 11.3 Å². The Bertz CT molecular complexity index is 830. The highest BCUT2D eigenvalue weighted by atomic mass is 32.1. The molecule has 1 atom stereocenters. The SMILES string of the molecule is Cc1ccnc(NC(=O)c2csc([C@@H](NC(=O)C3CCOCC3)C(C)C)n2)c1. The molecule has 3 heterocycles. The summed E-state index contributed by atoms with van der Waals surface area (Å²) >= 11 is 1.38. The van der Waals surface area contributed by atoms with E-state index < -0.39 is 0 Å². The van der Waals surface area contributed by atoms with Crippen molar-refractivity contribution in [2.45, 2.75) is 39.7 Å². The van der Waals surface area contributed by atoms with Crippen LogP contribution in [0.3, 0.4) is 0 Å². The second-order valence-corrected chi connectivity index (χ2v) is 8.25. The first-order valence-corrected chi connectivity index (χ1v) is 10.4. The van der Waals surface area contributed by atoms with Gasteiger partial charge in [0.05, 0.1) is 6.04 Å². The van der Waals surface area contributed by atoms with Gasteiger partial charge in [-0.3, -0.25) is 9.59 Å². The second-order valence-electron chi connectivity index (χ2n) is 7.36. The van der Waals surface area contributed by atoms with Gasteiger partial charge in [-0.05, 0) is 43.4 Å². The molecule has 7 nitrogen and oxygen atoms in total. The van der Waals surface area contributed by atoms with Crippen molar-refractivity contribution >= 4 is 29.0 Å². The first kappa shape index (κ1) is 20.4. The highest BCUT2D eigenvalue weighted by Gasteiger charge is 2.28. The minimum absolute atomic E-state index is 0.0230. The maximum Gasteiger partial charge on any atom is 0.276 e. The molecule has 2 N–H and O–H groups in total. The molecule has 2 aromatic heterocycles. The van der Waals surface area contributed by atoms with Crippen LogP contribution in [-0.4, -0.2) is 35.0 Å². The summed E-state index contributed by atoms with van der Waals surface area (Å²) in [5, 5.41) is 8.34. The molecule has 0 aromatic carbocycles. The maximum absolute atomic E-state index is 12.6. The molecule has 2 aromatic rings. The quantitative estimate of drug-likeness (QED) is 0.773. The molecule has 150 valence electrons. The van der Waals surface area contributed by atoms with Gasteiger partial charge in [-0.1, -0.05) is 13.8 Å². The minimum atomic E-state index is -0.307. The molecule has 1 aliphatic rings. The van der Waals surface area contributed by atoms with Gasteiger partial charge in [-0.2, -0.15) is 0 Å². The van der Waals surface area contributed by atoms with Crippen LogP contribution in [0.25, 0.3) is 0 Å². The predicted octanol–water partition coefficient (Wildman–Crippen LogP) is 3.34. The molecule has 0 unspecified atom stereocenters. The molecule has 28 heavy (non-hydrogen) atoms. The summed E-state index contributed by atoms with van der Waals surface area (Å²) in [4.78, 5) is 33.7. The summed E-state index contributed by atoms with van der Waals surface area (Å²) in [6.07, 6.45) is 3.13. The lowest BCUT2D eigenvalue weighted by Gasteiger charge is -2.26. The third kappa shape index (κ3) is 5.14. The Morgan fingerprint density at radius 3 is 2.71 bits per heavy atom. The van der Waals surface area contributed by atoms with E-state index in [0.717, 1.165) is 23.4 Å². The third-order valence-electron chi connectivity index (χ3n) is 4.73. The molecule has 1 fully saturated rings. The fraction of sp³-hybridized carbons (Fsp3) is 0.500. The van der Waals surface area contributed by atoms with Crippen molar-refractivity contribution in [2.75, 3.05) is 18.5 Å². The molecular formula is C20H26N4O3S. The number of rotatable bonds is 6.